The molecule has 0 saturated carbocycles. The van der Waals surface area contributed by atoms with E-state index in [1.807, 2.05) is 29.4 Å². The van der Waals surface area contributed by atoms with Crippen molar-refractivity contribution in [3.63, 3.8) is 0 Å². The fraction of sp³-hybridized carbons (Fsp3) is 0.394. The molecule has 3 aliphatic heterocycles. The predicted octanol–water partition coefficient (Wildman–Crippen LogP) is 4.87. The number of benzene rings is 2. The number of aliphatic imine (C=N–C) groups is 1. The standard InChI is InChI=1S/C33H40N4O4/c1-2-3-4-7-25(38)17-26(39)11-9-22-10-12-31(40)32(15-22)41-21-37-19-29-24(18-36-30(29)20-37)16-23-6-5-8-28-27(23)13-14-35-33(28)34/h5-6,8,10,12-15,18-19,25,33,35,38,40H,2-4,7,9,11,16-17,20-21,34H2,1H3/t25-,33-/m1/s1. The van der Waals surface area contributed by atoms with Gasteiger partial charge in [0, 0.05) is 37.2 Å². The monoisotopic (exact) mass is 556 g/mol. The predicted molar refractivity (Wildman–Crippen MR) is 161 cm³/mol. The number of nitrogens with two attached hydrogens (primary N) is 1. The molecule has 0 spiro atoms. The van der Waals surface area contributed by atoms with Crippen LogP contribution in [0.15, 0.2) is 71.1 Å². The van der Waals surface area contributed by atoms with Gasteiger partial charge in [-0.15, -0.1) is 0 Å². The van der Waals surface area contributed by atoms with Crippen molar-refractivity contribution in [2.24, 2.45) is 10.7 Å². The van der Waals surface area contributed by atoms with Gasteiger partial charge < -0.3 is 30.9 Å². The maximum atomic E-state index is 12.4. The second-order valence-electron chi connectivity index (χ2n) is 11.1. The van der Waals surface area contributed by atoms with E-state index in [1.54, 1.807) is 12.1 Å². The Kier molecular flexibility index (Phi) is 9.21. The van der Waals surface area contributed by atoms with E-state index in [4.69, 9.17) is 10.5 Å². The molecule has 0 saturated heterocycles. The minimum absolute atomic E-state index is 0.0518. The van der Waals surface area contributed by atoms with E-state index in [0.717, 1.165) is 59.2 Å². The van der Waals surface area contributed by atoms with Gasteiger partial charge in [0.15, 0.2) is 18.2 Å². The third-order valence-corrected chi connectivity index (χ3v) is 7.88. The Bertz CT molecular complexity index is 1390. The first-order valence-corrected chi connectivity index (χ1v) is 14.6. The lowest BCUT2D eigenvalue weighted by atomic mass is 9.91. The molecule has 0 radical (unpaired) electrons. The van der Waals surface area contributed by atoms with Crippen molar-refractivity contribution in [1.82, 2.24) is 10.2 Å². The lowest BCUT2D eigenvalue weighted by Crippen LogP contribution is -2.27. The van der Waals surface area contributed by atoms with Crippen LogP contribution < -0.4 is 15.8 Å². The molecule has 0 aliphatic carbocycles. The average molecular weight is 557 g/mol. The number of ether oxygens (including phenoxy) is 1. The molecule has 0 fully saturated rings. The molecule has 0 aromatic heterocycles. The fourth-order valence-electron chi connectivity index (χ4n) is 5.56. The highest BCUT2D eigenvalue weighted by Gasteiger charge is 2.27. The van der Waals surface area contributed by atoms with E-state index >= 15 is 0 Å². The second kappa shape index (κ2) is 13.2. The number of ketones is 1. The zero-order chi connectivity index (χ0) is 28.8. The second-order valence-corrected chi connectivity index (χ2v) is 11.1. The molecule has 3 heterocycles. The van der Waals surface area contributed by atoms with Gasteiger partial charge in [-0.2, -0.15) is 0 Å². The summed E-state index contributed by atoms with van der Waals surface area (Å²) in [5.41, 5.74) is 13.9. The van der Waals surface area contributed by atoms with Gasteiger partial charge in [-0.05, 0) is 65.1 Å². The van der Waals surface area contributed by atoms with E-state index in [-0.39, 0.29) is 30.9 Å². The number of nitrogens with one attached hydrogen (secondary N) is 1. The fourth-order valence-corrected chi connectivity index (χ4v) is 5.56. The lowest BCUT2D eigenvalue weighted by Gasteiger charge is -2.22. The first-order valence-electron chi connectivity index (χ1n) is 14.6. The zero-order valence-electron chi connectivity index (χ0n) is 23.7. The van der Waals surface area contributed by atoms with Crippen LogP contribution in [0.1, 0.15) is 73.9 Å². The molecule has 2 aromatic carbocycles. The van der Waals surface area contributed by atoms with E-state index in [9.17, 15) is 15.0 Å². The summed E-state index contributed by atoms with van der Waals surface area (Å²) in [5.74, 6) is 0.498. The van der Waals surface area contributed by atoms with E-state index in [1.165, 1.54) is 5.56 Å². The maximum Gasteiger partial charge on any atom is 0.163 e. The van der Waals surface area contributed by atoms with Crippen LogP contribution >= 0.6 is 0 Å². The number of Topliss-reactive ketones (excluding diaryl/α,β-unsaturated/α-hetero) is 1. The Hall–Kier alpha value is -3.88. The third-order valence-electron chi connectivity index (χ3n) is 7.88. The summed E-state index contributed by atoms with van der Waals surface area (Å²) in [7, 11) is 0. The quantitative estimate of drug-likeness (QED) is 0.245. The molecule has 8 heteroatoms. The molecule has 3 aliphatic rings. The largest absolute Gasteiger partial charge is 0.504 e. The van der Waals surface area contributed by atoms with Crippen molar-refractivity contribution in [2.45, 2.75) is 70.6 Å². The number of hydrogen-bond acceptors (Lipinski definition) is 8. The molecule has 0 bridgehead atoms. The number of hydrogen-bond donors (Lipinski definition) is 4. The van der Waals surface area contributed by atoms with Crippen LogP contribution in [0.3, 0.4) is 0 Å². The number of carbonyl (C=O) groups is 1. The van der Waals surface area contributed by atoms with Gasteiger partial charge in [-0.25, -0.2) is 0 Å². The summed E-state index contributed by atoms with van der Waals surface area (Å²) >= 11 is 0. The molecule has 8 nitrogen and oxygen atoms in total. The van der Waals surface area contributed by atoms with Gasteiger partial charge in [-0.1, -0.05) is 50.5 Å². The molecular formula is C33H40N4O4. The smallest absolute Gasteiger partial charge is 0.163 e. The molecule has 5 N–H and O–H groups in total. The molecule has 5 rings (SSSR count). The number of aromatic hydroxyl groups is 1. The van der Waals surface area contributed by atoms with E-state index in [2.05, 4.69) is 41.6 Å². The van der Waals surface area contributed by atoms with Gasteiger partial charge in [0.1, 0.15) is 11.9 Å². The SMILES string of the molecule is CCCCC[C@@H](O)CC(=O)CCc1ccc(O)c(OCN2C=C3C(Cc4cccc5c4C=CN[C@H]5N)=CN=C3C2)c1. The van der Waals surface area contributed by atoms with Crippen LogP contribution in [0.2, 0.25) is 0 Å². The number of phenols is 1. The minimum atomic E-state index is -0.563. The number of carbonyl (C=O) groups excluding carboxylic acids is 1. The summed E-state index contributed by atoms with van der Waals surface area (Å²) in [6.45, 7) is 3.01. The maximum absolute atomic E-state index is 12.4. The summed E-state index contributed by atoms with van der Waals surface area (Å²) < 4.78 is 5.99. The highest BCUT2D eigenvalue weighted by Crippen LogP contribution is 2.33. The highest BCUT2D eigenvalue weighted by atomic mass is 16.5. The number of phenolic OH excluding ortho intramolecular Hbond substituents is 1. The van der Waals surface area contributed by atoms with Crippen LogP contribution in [0, 0.1) is 0 Å². The van der Waals surface area contributed by atoms with Gasteiger partial charge in [-0.3, -0.25) is 9.79 Å². The average Bonchev–Trinajstić information content (AvgIpc) is 3.54. The Morgan fingerprint density at radius 2 is 2.15 bits per heavy atom. The van der Waals surface area contributed by atoms with Gasteiger partial charge in [0.25, 0.3) is 0 Å². The highest BCUT2D eigenvalue weighted by molar-refractivity contribution is 6.09. The van der Waals surface area contributed by atoms with Crippen LogP contribution in [0.5, 0.6) is 11.5 Å². The number of aliphatic hydroxyl groups excluding tert-OH is 1. The van der Waals surface area contributed by atoms with Crippen molar-refractivity contribution in [3.05, 3.63) is 88.4 Å². The molecule has 2 aromatic rings. The number of rotatable bonds is 14. The summed E-state index contributed by atoms with van der Waals surface area (Å²) in [6, 6.07) is 11.4. The van der Waals surface area contributed by atoms with Gasteiger partial charge in [0.05, 0.1) is 18.4 Å². The molecule has 0 amide bonds. The molecule has 216 valence electrons. The summed E-state index contributed by atoms with van der Waals surface area (Å²) in [5, 5.41) is 23.6. The molecular weight excluding hydrogens is 516 g/mol. The van der Waals surface area contributed by atoms with Crippen LogP contribution in [0.4, 0.5) is 0 Å². The van der Waals surface area contributed by atoms with Crippen molar-refractivity contribution < 1.29 is 19.7 Å². The number of unbranched alkanes of at least 4 members (excludes halogenated alkanes) is 2. The number of nitrogens with zero attached hydrogens (tertiary/aromatic N) is 2. The zero-order valence-corrected chi connectivity index (χ0v) is 23.7. The third kappa shape index (κ3) is 7.07. The Balaban J connectivity index is 1.14. The molecule has 2 atom stereocenters. The van der Waals surface area contributed by atoms with Gasteiger partial charge in [0.2, 0.25) is 0 Å². The molecule has 0 unspecified atom stereocenters. The minimum Gasteiger partial charge on any atom is -0.504 e. The van der Waals surface area contributed by atoms with E-state index < -0.39 is 6.10 Å². The number of aliphatic hydroxyl groups is 1. The van der Waals surface area contributed by atoms with Crippen LogP contribution in [0.25, 0.3) is 6.08 Å². The lowest BCUT2D eigenvalue weighted by molar-refractivity contribution is -0.121. The van der Waals surface area contributed by atoms with Crippen molar-refractivity contribution >= 4 is 17.6 Å². The van der Waals surface area contributed by atoms with Crippen molar-refractivity contribution in [1.29, 1.82) is 0 Å². The number of fused-ring (bicyclic) bond motifs is 2. The van der Waals surface area contributed by atoms with Gasteiger partial charge >= 0.3 is 0 Å². The van der Waals surface area contributed by atoms with Crippen LogP contribution in [-0.4, -0.2) is 46.0 Å². The first-order chi connectivity index (χ1) is 19.9. The number of aryl methyl sites for hydroxylation is 1. The number of allylic oxidation sites excluding steroid dienone is 1. The normalized spacial score (nSPS) is 17.8. The van der Waals surface area contributed by atoms with Crippen LogP contribution in [-0.2, 0) is 17.6 Å². The first kappa shape index (κ1) is 28.6. The van der Waals surface area contributed by atoms with Crippen molar-refractivity contribution in [3.8, 4) is 11.5 Å². The summed E-state index contributed by atoms with van der Waals surface area (Å²) in [6.07, 6.45) is 12.8. The Morgan fingerprint density at radius 3 is 3.00 bits per heavy atom. The Morgan fingerprint density at radius 1 is 1.27 bits per heavy atom. The Labute approximate surface area is 241 Å². The molecule has 41 heavy (non-hydrogen) atoms. The topological polar surface area (TPSA) is 120 Å². The van der Waals surface area contributed by atoms with Crippen molar-refractivity contribution in [2.75, 3.05) is 13.3 Å². The summed E-state index contributed by atoms with van der Waals surface area (Å²) in [4.78, 5) is 19.0. The van der Waals surface area contributed by atoms with E-state index in [0.29, 0.717) is 31.6 Å².